The Kier molecular flexibility index (Phi) is 5.47. The predicted molar refractivity (Wildman–Crippen MR) is 96.8 cm³/mol. The smallest absolute Gasteiger partial charge is 0.242 e. The molecule has 0 atom stereocenters. The van der Waals surface area contributed by atoms with Gasteiger partial charge >= 0.3 is 0 Å². The molecular formula is C16H13Cl2N3O4S. The second kappa shape index (κ2) is 7.63. The Morgan fingerprint density at radius 3 is 2.77 bits per heavy atom. The van der Waals surface area contributed by atoms with Crippen molar-refractivity contribution in [1.82, 2.24) is 14.9 Å². The van der Waals surface area contributed by atoms with Gasteiger partial charge in [0.15, 0.2) is 0 Å². The van der Waals surface area contributed by atoms with Crippen LogP contribution in [0.3, 0.4) is 0 Å². The van der Waals surface area contributed by atoms with Crippen LogP contribution >= 0.6 is 23.2 Å². The highest BCUT2D eigenvalue weighted by Crippen LogP contribution is 2.25. The summed E-state index contributed by atoms with van der Waals surface area (Å²) in [5.41, 5.74) is 0.681. The number of nitrogens with one attached hydrogen (secondary N) is 1. The van der Waals surface area contributed by atoms with Crippen LogP contribution in [0.15, 0.2) is 51.9 Å². The third-order valence-electron chi connectivity index (χ3n) is 3.39. The summed E-state index contributed by atoms with van der Waals surface area (Å²) in [6, 6.07) is 11.3. The summed E-state index contributed by atoms with van der Waals surface area (Å²) < 4.78 is 37.3. The Hall–Kier alpha value is -2.13. The van der Waals surface area contributed by atoms with Crippen molar-refractivity contribution in [1.29, 1.82) is 0 Å². The quantitative estimate of drug-likeness (QED) is 0.663. The number of benzene rings is 2. The van der Waals surface area contributed by atoms with E-state index in [4.69, 9.17) is 32.5 Å². The summed E-state index contributed by atoms with van der Waals surface area (Å²) in [5, 5.41) is 4.16. The molecule has 0 unspecified atom stereocenters. The van der Waals surface area contributed by atoms with E-state index in [0.29, 0.717) is 17.1 Å². The van der Waals surface area contributed by atoms with Crippen molar-refractivity contribution in [2.24, 2.45) is 0 Å². The van der Waals surface area contributed by atoms with Crippen molar-refractivity contribution in [3.8, 4) is 17.1 Å². The van der Waals surface area contributed by atoms with Gasteiger partial charge in [-0.3, -0.25) is 0 Å². The third-order valence-corrected chi connectivity index (χ3v) is 5.51. The molecule has 136 valence electrons. The Bertz CT molecular complexity index is 1040. The van der Waals surface area contributed by atoms with Crippen LogP contribution in [0.25, 0.3) is 11.4 Å². The van der Waals surface area contributed by atoms with Crippen LogP contribution in [0.5, 0.6) is 5.75 Å². The van der Waals surface area contributed by atoms with Gasteiger partial charge in [-0.25, -0.2) is 13.1 Å². The van der Waals surface area contributed by atoms with E-state index in [1.54, 1.807) is 31.4 Å². The fourth-order valence-electron chi connectivity index (χ4n) is 2.12. The number of rotatable bonds is 6. The first-order chi connectivity index (χ1) is 12.4. The lowest BCUT2D eigenvalue weighted by Crippen LogP contribution is -2.23. The zero-order valence-corrected chi connectivity index (χ0v) is 15.8. The van der Waals surface area contributed by atoms with Crippen molar-refractivity contribution in [3.63, 3.8) is 0 Å². The van der Waals surface area contributed by atoms with Crippen LogP contribution in [0.1, 0.15) is 5.89 Å². The Balaban J connectivity index is 1.76. The molecule has 7 nitrogen and oxygen atoms in total. The van der Waals surface area contributed by atoms with Crippen molar-refractivity contribution < 1.29 is 17.7 Å². The van der Waals surface area contributed by atoms with Gasteiger partial charge in [0.2, 0.25) is 21.7 Å². The number of sulfonamides is 1. The van der Waals surface area contributed by atoms with E-state index in [9.17, 15) is 8.42 Å². The number of hydrogen-bond donors (Lipinski definition) is 1. The van der Waals surface area contributed by atoms with E-state index in [-0.39, 0.29) is 27.4 Å². The number of halogens is 2. The van der Waals surface area contributed by atoms with E-state index >= 15 is 0 Å². The molecule has 0 aliphatic carbocycles. The standard InChI is InChI=1S/C16H13Cl2N3O4S/c1-24-12-4-2-3-10(7-12)16-20-15(25-21-16)9-19-26(22,23)14-8-11(17)5-6-13(14)18/h2-8,19H,9H2,1H3. The largest absolute Gasteiger partial charge is 0.497 e. The van der Waals surface area contributed by atoms with Gasteiger partial charge in [0.25, 0.3) is 0 Å². The number of nitrogens with zero attached hydrogens (tertiary/aromatic N) is 2. The zero-order valence-electron chi connectivity index (χ0n) is 13.4. The number of hydrogen-bond acceptors (Lipinski definition) is 6. The lowest BCUT2D eigenvalue weighted by molar-refractivity contribution is 0.376. The van der Waals surface area contributed by atoms with Gasteiger partial charge in [-0.15, -0.1) is 0 Å². The maximum Gasteiger partial charge on any atom is 0.242 e. The first-order valence-electron chi connectivity index (χ1n) is 7.31. The third kappa shape index (κ3) is 4.16. The van der Waals surface area contributed by atoms with Crippen LogP contribution < -0.4 is 9.46 Å². The average Bonchev–Trinajstić information content (AvgIpc) is 3.11. The summed E-state index contributed by atoms with van der Waals surface area (Å²) >= 11 is 11.8. The molecule has 0 aliphatic heterocycles. The minimum Gasteiger partial charge on any atom is -0.497 e. The van der Waals surface area contributed by atoms with Crippen molar-refractivity contribution in [2.45, 2.75) is 11.4 Å². The maximum atomic E-state index is 12.4. The minimum absolute atomic E-state index is 0.0597. The molecule has 2 aromatic carbocycles. The molecule has 0 saturated heterocycles. The molecule has 0 radical (unpaired) electrons. The molecule has 3 aromatic rings. The van der Waals surface area contributed by atoms with Gasteiger partial charge < -0.3 is 9.26 Å². The van der Waals surface area contributed by atoms with Crippen LogP contribution in [-0.2, 0) is 16.6 Å². The number of methoxy groups -OCH3 is 1. The van der Waals surface area contributed by atoms with E-state index in [2.05, 4.69) is 14.9 Å². The molecule has 26 heavy (non-hydrogen) atoms. The molecule has 1 aromatic heterocycles. The zero-order chi connectivity index (χ0) is 18.7. The van der Waals surface area contributed by atoms with Crippen molar-refractivity contribution in [2.75, 3.05) is 7.11 Å². The van der Waals surface area contributed by atoms with E-state index < -0.39 is 10.0 Å². The lowest BCUT2D eigenvalue weighted by Gasteiger charge is -2.06. The topological polar surface area (TPSA) is 94.3 Å². The van der Waals surface area contributed by atoms with Gasteiger partial charge in [0.1, 0.15) is 10.6 Å². The lowest BCUT2D eigenvalue weighted by atomic mass is 10.2. The van der Waals surface area contributed by atoms with E-state index in [0.717, 1.165) is 0 Å². The number of ether oxygens (including phenoxy) is 1. The molecule has 3 rings (SSSR count). The molecule has 0 spiro atoms. The Morgan fingerprint density at radius 1 is 1.19 bits per heavy atom. The van der Waals surface area contributed by atoms with Crippen LogP contribution in [0, 0.1) is 0 Å². The van der Waals surface area contributed by atoms with E-state index in [1.165, 1.54) is 18.2 Å². The summed E-state index contributed by atoms with van der Waals surface area (Å²) in [6.45, 7) is -0.192. The first kappa shape index (κ1) is 18.7. The van der Waals surface area contributed by atoms with Gasteiger partial charge in [0, 0.05) is 10.6 Å². The number of aromatic nitrogens is 2. The summed E-state index contributed by atoms with van der Waals surface area (Å²) in [4.78, 5) is 4.05. The second-order valence-electron chi connectivity index (χ2n) is 5.14. The Morgan fingerprint density at radius 2 is 2.00 bits per heavy atom. The average molecular weight is 414 g/mol. The summed E-state index contributed by atoms with van der Waals surface area (Å²) in [5.74, 6) is 1.06. The highest BCUT2D eigenvalue weighted by molar-refractivity contribution is 7.89. The molecule has 0 saturated carbocycles. The maximum absolute atomic E-state index is 12.4. The summed E-state index contributed by atoms with van der Waals surface area (Å²) in [7, 11) is -2.34. The molecule has 10 heteroatoms. The molecule has 1 heterocycles. The molecule has 0 fully saturated rings. The molecule has 0 aliphatic rings. The molecule has 0 bridgehead atoms. The van der Waals surface area contributed by atoms with Crippen molar-refractivity contribution >= 4 is 33.2 Å². The fraction of sp³-hybridized carbons (Fsp3) is 0.125. The summed E-state index contributed by atoms with van der Waals surface area (Å²) in [6.07, 6.45) is 0. The monoisotopic (exact) mass is 413 g/mol. The van der Waals surface area contributed by atoms with Gasteiger partial charge in [0.05, 0.1) is 18.7 Å². The predicted octanol–water partition coefficient (Wildman–Crippen LogP) is 3.53. The Labute approximate surface area is 159 Å². The van der Waals surface area contributed by atoms with Crippen LogP contribution in [0.4, 0.5) is 0 Å². The highest BCUT2D eigenvalue weighted by atomic mass is 35.5. The highest BCUT2D eigenvalue weighted by Gasteiger charge is 2.20. The molecule has 1 N–H and O–H groups in total. The van der Waals surface area contributed by atoms with Crippen molar-refractivity contribution in [3.05, 3.63) is 58.4 Å². The van der Waals surface area contributed by atoms with Gasteiger partial charge in [-0.05, 0) is 30.3 Å². The molecule has 0 amide bonds. The van der Waals surface area contributed by atoms with Crippen LogP contribution in [0.2, 0.25) is 10.0 Å². The van der Waals surface area contributed by atoms with Gasteiger partial charge in [-0.2, -0.15) is 4.98 Å². The SMILES string of the molecule is COc1cccc(-c2noc(CNS(=O)(=O)c3cc(Cl)ccc3Cl)n2)c1. The van der Waals surface area contributed by atoms with Gasteiger partial charge in [-0.1, -0.05) is 40.5 Å². The fourth-order valence-corrected chi connectivity index (χ4v) is 3.86. The van der Waals surface area contributed by atoms with Crippen LogP contribution in [-0.4, -0.2) is 25.7 Å². The molecular weight excluding hydrogens is 401 g/mol. The second-order valence-corrected chi connectivity index (χ2v) is 7.72. The first-order valence-corrected chi connectivity index (χ1v) is 9.55. The minimum atomic E-state index is -3.89. The normalized spacial score (nSPS) is 11.5. The van der Waals surface area contributed by atoms with E-state index in [1.807, 2.05) is 0 Å².